The molecule has 0 N–H and O–H groups in total. The molecule has 0 atom stereocenters. The van der Waals surface area contributed by atoms with Crippen LogP contribution in [0.25, 0.3) is 64.6 Å². The second-order valence-corrected chi connectivity index (χ2v) is 14.5. The van der Waals surface area contributed by atoms with Gasteiger partial charge in [0.1, 0.15) is 0 Å². The molecule has 0 unspecified atom stereocenters. The monoisotopic (exact) mass is 712 g/mol. The van der Waals surface area contributed by atoms with Crippen molar-refractivity contribution in [2.75, 3.05) is 9.80 Å². The summed E-state index contributed by atoms with van der Waals surface area (Å²) in [5.74, 6) is 0. The summed E-state index contributed by atoms with van der Waals surface area (Å²) in [6.45, 7) is 0. The molecular weight excluding hydrogens is 677 g/mol. The second kappa shape index (κ2) is 13.2. The highest BCUT2D eigenvalue weighted by Crippen LogP contribution is 2.49. The van der Waals surface area contributed by atoms with Crippen molar-refractivity contribution >= 4 is 98.8 Å². The fourth-order valence-corrected chi connectivity index (χ4v) is 8.82. The van der Waals surface area contributed by atoms with Crippen LogP contribution in [-0.2, 0) is 0 Å². The van der Waals surface area contributed by atoms with Gasteiger partial charge in [0.25, 0.3) is 0 Å². The van der Waals surface area contributed by atoms with E-state index in [2.05, 4.69) is 228 Å². The first-order valence-corrected chi connectivity index (χ1v) is 19.3. The van der Waals surface area contributed by atoms with Gasteiger partial charge in [-0.15, -0.1) is 0 Å². The van der Waals surface area contributed by atoms with Gasteiger partial charge in [-0.1, -0.05) is 170 Å². The lowest BCUT2D eigenvalue weighted by Gasteiger charge is -2.32. The zero-order valence-electron chi connectivity index (χ0n) is 30.7. The molecule has 2 heteroatoms. The number of hydrogen-bond donors (Lipinski definition) is 0. The van der Waals surface area contributed by atoms with Crippen LogP contribution in [0.4, 0.5) is 34.1 Å². The van der Waals surface area contributed by atoms with Crippen LogP contribution in [0.2, 0.25) is 0 Å². The summed E-state index contributed by atoms with van der Waals surface area (Å²) in [5.41, 5.74) is 6.67. The van der Waals surface area contributed by atoms with Crippen molar-refractivity contribution < 1.29 is 0 Å². The van der Waals surface area contributed by atoms with Crippen molar-refractivity contribution in [1.82, 2.24) is 0 Å². The van der Waals surface area contributed by atoms with Gasteiger partial charge in [-0.05, 0) is 97.0 Å². The Morgan fingerprint density at radius 2 is 0.571 bits per heavy atom. The zero-order valence-corrected chi connectivity index (χ0v) is 30.7. The highest BCUT2D eigenvalue weighted by Gasteiger charge is 2.24. The molecule has 0 amide bonds. The zero-order chi connectivity index (χ0) is 37.0. The SMILES string of the molecule is c1ccc(N(c2cc(N(c3ccccc3)c3cc4ccccc4c4ccccc34)c3ccc4ccccc4c3c2)c2cc3ccccc3c3ccccc23)cc1. The van der Waals surface area contributed by atoms with Crippen LogP contribution in [0.15, 0.2) is 218 Å². The average molecular weight is 713 g/mol. The minimum absolute atomic E-state index is 1.08. The molecule has 0 saturated carbocycles. The molecule has 0 saturated heterocycles. The Morgan fingerprint density at radius 1 is 0.196 bits per heavy atom. The average Bonchev–Trinajstić information content (AvgIpc) is 3.27. The van der Waals surface area contributed by atoms with Gasteiger partial charge in [-0.3, -0.25) is 0 Å². The Hall–Kier alpha value is -7.42. The Morgan fingerprint density at radius 3 is 1.12 bits per heavy atom. The molecule has 262 valence electrons. The van der Waals surface area contributed by atoms with Crippen LogP contribution >= 0.6 is 0 Å². The van der Waals surface area contributed by atoms with E-state index in [0.29, 0.717) is 0 Å². The Kier molecular flexibility index (Phi) is 7.53. The highest BCUT2D eigenvalue weighted by molar-refractivity contribution is 6.20. The van der Waals surface area contributed by atoms with Crippen molar-refractivity contribution in [3.63, 3.8) is 0 Å². The third kappa shape index (κ3) is 5.19. The van der Waals surface area contributed by atoms with Gasteiger partial charge in [0.15, 0.2) is 0 Å². The number of nitrogens with zero attached hydrogens (tertiary/aromatic N) is 2. The molecule has 56 heavy (non-hydrogen) atoms. The maximum absolute atomic E-state index is 2.48. The van der Waals surface area contributed by atoms with Gasteiger partial charge < -0.3 is 9.80 Å². The van der Waals surface area contributed by atoms with Crippen LogP contribution in [-0.4, -0.2) is 0 Å². The highest BCUT2D eigenvalue weighted by atomic mass is 15.2. The molecule has 11 aromatic carbocycles. The molecule has 11 rings (SSSR count). The van der Waals surface area contributed by atoms with Crippen molar-refractivity contribution in [3.05, 3.63) is 218 Å². The predicted octanol–water partition coefficient (Wildman–Crippen LogP) is 15.5. The van der Waals surface area contributed by atoms with Crippen molar-refractivity contribution in [1.29, 1.82) is 0 Å². The van der Waals surface area contributed by atoms with Gasteiger partial charge in [0.05, 0.1) is 17.1 Å². The summed E-state index contributed by atoms with van der Waals surface area (Å²) in [4.78, 5) is 4.94. The van der Waals surface area contributed by atoms with Crippen LogP contribution in [0, 0.1) is 0 Å². The first-order chi connectivity index (χ1) is 27.8. The van der Waals surface area contributed by atoms with Crippen molar-refractivity contribution in [2.24, 2.45) is 0 Å². The number of anilines is 6. The topological polar surface area (TPSA) is 6.48 Å². The van der Waals surface area contributed by atoms with Crippen LogP contribution in [0.3, 0.4) is 0 Å². The lowest BCUT2D eigenvalue weighted by Crippen LogP contribution is -2.14. The second-order valence-electron chi connectivity index (χ2n) is 14.5. The molecule has 11 aromatic rings. The summed E-state index contributed by atoms with van der Waals surface area (Å²) in [7, 11) is 0. The first-order valence-electron chi connectivity index (χ1n) is 19.3. The van der Waals surface area contributed by atoms with E-state index in [0.717, 1.165) is 34.1 Å². The van der Waals surface area contributed by atoms with Crippen LogP contribution in [0.5, 0.6) is 0 Å². The largest absolute Gasteiger partial charge is 0.310 e. The van der Waals surface area contributed by atoms with E-state index in [1.54, 1.807) is 0 Å². The normalized spacial score (nSPS) is 11.6. The van der Waals surface area contributed by atoms with E-state index in [1.807, 2.05) is 0 Å². The lowest BCUT2D eigenvalue weighted by atomic mass is 9.95. The van der Waals surface area contributed by atoms with Crippen molar-refractivity contribution in [3.8, 4) is 0 Å². The number of fused-ring (bicyclic) bond motifs is 9. The molecule has 0 heterocycles. The number of para-hydroxylation sites is 2. The Balaban J connectivity index is 1.29. The van der Waals surface area contributed by atoms with E-state index in [-0.39, 0.29) is 0 Å². The van der Waals surface area contributed by atoms with E-state index >= 15 is 0 Å². The van der Waals surface area contributed by atoms with Gasteiger partial charge in [0, 0.05) is 33.2 Å². The summed E-state index contributed by atoms with van der Waals surface area (Å²) in [5, 5.41) is 14.6. The molecule has 0 aliphatic carbocycles. The smallest absolute Gasteiger partial charge is 0.0561 e. The molecule has 0 bridgehead atoms. The third-order valence-corrected chi connectivity index (χ3v) is 11.3. The predicted molar refractivity (Wildman–Crippen MR) is 241 cm³/mol. The molecule has 0 aliphatic heterocycles. The maximum atomic E-state index is 2.48. The Bertz CT molecular complexity index is 3260. The molecule has 0 radical (unpaired) electrons. The number of hydrogen-bond acceptors (Lipinski definition) is 2. The Labute approximate surface area is 325 Å². The molecule has 0 aliphatic rings. The van der Waals surface area contributed by atoms with E-state index in [9.17, 15) is 0 Å². The molecule has 0 fully saturated rings. The third-order valence-electron chi connectivity index (χ3n) is 11.3. The minimum atomic E-state index is 1.08. The standard InChI is InChI=1S/C54H36N2/c1-3-20-40(21-4-1)55(52-33-38-18-8-11-25-44(38)46-27-13-15-29-48(46)52)42-35-51-43-24-10-7-17-37(43)31-32-50(51)54(36-42)56(41-22-5-2-6-23-41)53-34-39-19-9-12-26-45(39)47-28-14-16-30-49(47)53/h1-36H. The number of benzene rings is 11. The van der Waals surface area contributed by atoms with Crippen molar-refractivity contribution in [2.45, 2.75) is 0 Å². The molecule has 0 aromatic heterocycles. The fourth-order valence-electron chi connectivity index (χ4n) is 8.82. The van der Waals surface area contributed by atoms with Gasteiger partial charge >= 0.3 is 0 Å². The molecule has 0 spiro atoms. The number of rotatable bonds is 6. The lowest BCUT2D eigenvalue weighted by molar-refractivity contribution is 1.28. The summed E-state index contributed by atoms with van der Waals surface area (Å²) >= 11 is 0. The van der Waals surface area contributed by atoms with E-state index in [1.165, 1.54) is 64.6 Å². The van der Waals surface area contributed by atoms with Crippen LogP contribution in [0.1, 0.15) is 0 Å². The van der Waals surface area contributed by atoms with Gasteiger partial charge in [0.2, 0.25) is 0 Å². The van der Waals surface area contributed by atoms with E-state index < -0.39 is 0 Å². The van der Waals surface area contributed by atoms with Crippen LogP contribution < -0.4 is 9.80 Å². The van der Waals surface area contributed by atoms with Gasteiger partial charge in [-0.2, -0.15) is 0 Å². The summed E-state index contributed by atoms with van der Waals surface area (Å²) < 4.78 is 0. The summed E-state index contributed by atoms with van der Waals surface area (Å²) in [6.07, 6.45) is 0. The maximum Gasteiger partial charge on any atom is 0.0561 e. The molecular formula is C54H36N2. The molecule has 2 nitrogen and oxygen atoms in total. The quantitative estimate of drug-likeness (QED) is 0.158. The van der Waals surface area contributed by atoms with Gasteiger partial charge in [-0.25, -0.2) is 0 Å². The minimum Gasteiger partial charge on any atom is -0.310 e. The fraction of sp³-hybridized carbons (Fsp3) is 0. The summed E-state index contributed by atoms with van der Waals surface area (Å²) in [6, 6.07) is 79.8. The first kappa shape index (κ1) is 32.0. The van der Waals surface area contributed by atoms with E-state index in [4.69, 9.17) is 0 Å².